The highest BCUT2D eigenvalue weighted by Crippen LogP contribution is 2.31. The predicted octanol–water partition coefficient (Wildman–Crippen LogP) is 5.23. The van der Waals surface area contributed by atoms with Crippen LogP contribution >= 0.6 is 11.6 Å². The molecule has 0 unspecified atom stereocenters. The molecule has 0 saturated heterocycles. The first-order valence-corrected chi connectivity index (χ1v) is 10.8. The summed E-state index contributed by atoms with van der Waals surface area (Å²) < 4.78 is 79.7. The van der Waals surface area contributed by atoms with Gasteiger partial charge in [0.2, 0.25) is 0 Å². The molecule has 32 heavy (non-hydrogen) atoms. The Hall–Kier alpha value is -3.11. The molecule has 2 N–H and O–H groups in total. The van der Waals surface area contributed by atoms with Gasteiger partial charge in [0.05, 0.1) is 21.0 Å². The predicted molar refractivity (Wildman–Crippen MR) is 111 cm³/mol. The summed E-state index contributed by atoms with van der Waals surface area (Å²) in [5, 5.41) is 2.38. The number of sulfonamides is 1. The van der Waals surface area contributed by atoms with E-state index >= 15 is 0 Å². The Labute approximate surface area is 186 Å². The largest absolute Gasteiger partial charge is 0.416 e. The maximum atomic E-state index is 13.7. The van der Waals surface area contributed by atoms with Gasteiger partial charge in [0.25, 0.3) is 15.9 Å². The molecule has 0 bridgehead atoms. The van der Waals surface area contributed by atoms with E-state index in [2.05, 4.69) is 5.32 Å². The van der Waals surface area contributed by atoms with Gasteiger partial charge in [-0.05, 0) is 42.5 Å². The molecular weight excluding hydrogens is 472 g/mol. The van der Waals surface area contributed by atoms with Crippen LogP contribution in [0, 0.1) is 5.82 Å². The first-order chi connectivity index (χ1) is 15.0. The van der Waals surface area contributed by atoms with Gasteiger partial charge in [0.1, 0.15) is 5.82 Å². The Morgan fingerprint density at radius 3 is 2.38 bits per heavy atom. The number of benzene rings is 3. The number of rotatable bonds is 6. The van der Waals surface area contributed by atoms with Crippen molar-refractivity contribution in [1.29, 1.82) is 0 Å². The summed E-state index contributed by atoms with van der Waals surface area (Å²) in [6, 6.07) is 12.7. The van der Waals surface area contributed by atoms with E-state index in [9.17, 15) is 30.8 Å². The van der Waals surface area contributed by atoms with Gasteiger partial charge in [0.15, 0.2) is 0 Å². The fourth-order valence-electron chi connectivity index (χ4n) is 2.73. The SMILES string of the molecule is O=C(NCc1ccccc1F)c1cc(S(=O)(=O)Nc2cccc(C(F)(F)F)c2)ccc1Cl. The lowest BCUT2D eigenvalue weighted by atomic mass is 10.2. The molecule has 168 valence electrons. The van der Waals surface area contributed by atoms with Crippen molar-refractivity contribution >= 4 is 33.2 Å². The summed E-state index contributed by atoms with van der Waals surface area (Å²) >= 11 is 6.01. The van der Waals surface area contributed by atoms with E-state index < -0.39 is 38.4 Å². The van der Waals surface area contributed by atoms with Crippen LogP contribution in [0.2, 0.25) is 5.02 Å². The van der Waals surface area contributed by atoms with Crippen LogP contribution < -0.4 is 10.0 Å². The highest BCUT2D eigenvalue weighted by molar-refractivity contribution is 7.92. The average molecular weight is 487 g/mol. The van der Waals surface area contributed by atoms with E-state index in [1.807, 2.05) is 4.72 Å². The number of carbonyl (C=O) groups is 1. The summed E-state index contributed by atoms with van der Waals surface area (Å²) in [6.07, 6.45) is -4.65. The Balaban J connectivity index is 1.82. The maximum absolute atomic E-state index is 13.7. The lowest BCUT2D eigenvalue weighted by molar-refractivity contribution is -0.137. The first-order valence-electron chi connectivity index (χ1n) is 8.98. The van der Waals surface area contributed by atoms with Gasteiger partial charge in [-0.25, -0.2) is 12.8 Å². The average Bonchev–Trinajstić information content (AvgIpc) is 2.72. The lowest BCUT2D eigenvalue weighted by Gasteiger charge is -2.13. The van der Waals surface area contributed by atoms with E-state index in [-0.39, 0.29) is 28.4 Å². The summed E-state index contributed by atoms with van der Waals surface area (Å²) in [5.74, 6) is -1.28. The van der Waals surface area contributed by atoms with Crippen molar-refractivity contribution in [3.8, 4) is 0 Å². The third-order valence-electron chi connectivity index (χ3n) is 4.33. The number of amides is 1. The highest BCUT2D eigenvalue weighted by Gasteiger charge is 2.31. The van der Waals surface area contributed by atoms with Gasteiger partial charge in [-0.2, -0.15) is 13.2 Å². The van der Waals surface area contributed by atoms with Crippen molar-refractivity contribution in [2.24, 2.45) is 0 Å². The molecule has 0 radical (unpaired) electrons. The minimum Gasteiger partial charge on any atom is -0.348 e. The van der Waals surface area contributed by atoms with Crippen LogP contribution in [0.4, 0.5) is 23.2 Å². The monoisotopic (exact) mass is 486 g/mol. The number of carbonyl (C=O) groups excluding carboxylic acids is 1. The molecule has 0 saturated carbocycles. The Morgan fingerprint density at radius 1 is 0.969 bits per heavy atom. The van der Waals surface area contributed by atoms with Crippen LogP contribution in [-0.4, -0.2) is 14.3 Å². The molecule has 3 rings (SSSR count). The van der Waals surface area contributed by atoms with Crippen LogP contribution in [0.5, 0.6) is 0 Å². The molecule has 0 fully saturated rings. The molecule has 1 amide bonds. The van der Waals surface area contributed by atoms with E-state index in [0.29, 0.717) is 6.07 Å². The molecular formula is C21H15ClF4N2O3S. The summed E-state index contributed by atoms with van der Waals surface area (Å²) in [7, 11) is -4.34. The summed E-state index contributed by atoms with van der Waals surface area (Å²) in [6.45, 7) is -0.165. The zero-order chi connectivity index (χ0) is 23.5. The molecule has 0 aliphatic heterocycles. The van der Waals surface area contributed by atoms with Crippen molar-refractivity contribution in [2.45, 2.75) is 17.6 Å². The van der Waals surface area contributed by atoms with Crippen molar-refractivity contribution in [3.05, 3.63) is 94.3 Å². The quantitative estimate of drug-likeness (QED) is 0.469. The van der Waals surface area contributed by atoms with Gasteiger partial charge in [-0.1, -0.05) is 35.9 Å². The molecule has 0 atom stereocenters. The second-order valence-corrected chi connectivity index (χ2v) is 8.69. The molecule has 11 heteroatoms. The molecule has 0 heterocycles. The topological polar surface area (TPSA) is 75.3 Å². The van der Waals surface area contributed by atoms with Crippen molar-refractivity contribution < 1.29 is 30.8 Å². The minimum absolute atomic E-state index is 0.0611. The lowest BCUT2D eigenvalue weighted by Crippen LogP contribution is -2.24. The zero-order valence-electron chi connectivity index (χ0n) is 16.1. The van der Waals surface area contributed by atoms with Gasteiger partial charge >= 0.3 is 6.18 Å². The van der Waals surface area contributed by atoms with E-state index in [1.54, 1.807) is 6.07 Å². The van der Waals surface area contributed by atoms with E-state index in [1.165, 1.54) is 24.3 Å². The Kier molecular flexibility index (Phi) is 6.75. The van der Waals surface area contributed by atoms with Gasteiger partial charge < -0.3 is 5.32 Å². The molecule has 3 aromatic rings. The number of alkyl halides is 3. The van der Waals surface area contributed by atoms with Crippen molar-refractivity contribution in [2.75, 3.05) is 4.72 Å². The first kappa shape index (κ1) is 23.6. The van der Waals surface area contributed by atoms with Gasteiger partial charge in [-0.15, -0.1) is 0 Å². The maximum Gasteiger partial charge on any atom is 0.416 e. The smallest absolute Gasteiger partial charge is 0.348 e. The van der Waals surface area contributed by atoms with Gasteiger partial charge in [0, 0.05) is 17.8 Å². The number of anilines is 1. The minimum atomic E-state index is -4.65. The second kappa shape index (κ2) is 9.17. The molecule has 0 aromatic heterocycles. The number of nitrogens with one attached hydrogen (secondary N) is 2. The zero-order valence-corrected chi connectivity index (χ0v) is 17.7. The molecule has 5 nitrogen and oxygen atoms in total. The summed E-state index contributed by atoms with van der Waals surface area (Å²) in [4.78, 5) is 12.1. The van der Waals surface area contributed by atoms with E-state index in [0.717, 1.165) is 30.3 Å². The molecule has 3 aromatic carbocycles. The number of hydrogen-bond acceptors (Lipinski definition) is 3. The number of hydrogen-bond donors (Lipinski definition) is 2. The third-order valence-corrected chi connectivity index (χ3v) is 6.04. The van der Waals surface area contributed by atoms with E-state index in [4.69, 9.17) is 11.6 Å². The number of halogens is 5. The van der Waals surface area contributed by atoms with Crippen LogP contribution in [0.1, 0.15) is 21.5 Å². The molecule has 0 aliphatic rings. The normalized spacial score (nSPS) is 11.8. The van der Waals surface area contributed by atoms with Crippen LogP contribution in [-0.2, 0) is 22.7 Å². The van der Waals surface area contributed by atoms with Crippen LogP contribution in [0.15, 0.2) is 71.6 Å². The molecule has 0 spiro atoms. The highest BCUT2D eigenvalue weighted by atomic mass is 35.5. The summed E-state index contributed by atoms with van der Waals surface area (Å²) in [5.41, 5.74) is -1.32. The fraction of sp³-hybridized carbons (Fsp3) is 0.0952. The Bertz CT molecular complexity index is 1260. The van der Waals surface area contributed by atoms with Gasteiger partial charge in [-0.3, -0.25) is 9.52 Å². The van der Waals surface area contributed by atoms with Crippen molar-refractivity contribution in [1.82, 2.24) is 5.32 Å². The standard InChI is InChI=1S/C21H15ClF4N2O3S/c22-18-9-8-16(11-17(18)20(29)27-12-13-4-1-2-7-19(13)23)32(30,31)28-15-6-3-5-14(10-15)21(24,25)26/h1-11,28H,12H2,(H,27,29). The van der Waals surface area contributed by atoms with Crippen LogP contribution in [0.25, 0.3) is 0 Å². The third kappa shape index (κ3) is 5.57. The Morgan fingerprint density at radius 2 is 1.69 bits per heavy atom. The van der Waals surface area contributed by atoms with Crippen LogP contribution in [0.3, 0.4) is 0 Å². The molecule has 0 aliphatic carbocycles. The second-order valence-electron chi connectivity index (χ2n) is 6.60. The van der Waals surface area contributed by atoms with Crippen molar-refractivity contribution in [3.63, 3.8) is 0 Å². The fourth-order valence-corrected chi connectivity index (χ4v) is 4.01.